The van der Waals surface area contributed by atoms with Crippen LogP contribution in [0.15, 0.2) is 92.0 Å². The van der Waals surface area contributed by atoms with Crippen LogP contribution >= 0.6 is 0 Å². The molecule has 4 heteroatoms. The van der Waals surface area contributed by atoms with Crippen molar-refractivity contribution in [1.29, 1.82) is 0 Å². The summed E-state index contributed by atoms with van der Waals surface area (Å²) in [4.78, 5) is 0. The minimum atomic E-state index is -0.386. The molecule has 5 rings (SSSR count). The van der Waals surface area contributed by atoms with E-state index in [-0.39, 0.29) is 17.6 Å². The van der Waals surface area contributed by atoms with Crippen molar-refractivity contribution in [3.05, 3.63) is 120 Å². The van der Waals surface area contributed by atoms with Crippen molar-refractivity contribution in [1.82, 2.24) is 0 Å². The molecule has 0 bridgehead atoms. The van der Waals surface area contributed by atoms with E-state index in [0.29, 0.717) is 13.2 Å². The van der Waals surface area contributed by atoms with Gasteiger partial charge >= 0.3 is 0 Å². The number of epoxide rings is 2. The lowest BCUT2D eigenvalue weighted by Gasteiger charge is -2.33. The fourth-order valence-corrected chi connectivity index (χ4v) is 4.66. The second-order valence-electron chi connectivity index (χ2n) is 9.65. The van der Waals surface area contributed by atoms with Gasteiger partial charge in [0.15, 0.2) is 0 Å². The lowest BCUT2D eigenvalue weighted by Crippen LogP contribution is -2.26. The lowest BCUT2D eigenvalue weighted by molar-refractivity contribution is 0.261. The van der Waals surface area contributed by atoms with Gasteiger partial charge in [-0.3, -0.25) is 0 Å². The van der Waals surface area contributed by atoms with Crippen LogP contribution in [-0.4, -0.2) is 38.6 Å². The van der Waals surface area contributed by atoms with E-state index in [2.05, 4.69) is 86.8 Å². The summed E-state index contributed by atoms with van der Waals surface area (Å²) in [5.41, 5.74) is 5.49. The highest BCUT2D eigenvalue weighted by atomic mass is 16.6. The summed E-state index contributed by atoms with van der Waals surface area (Å²) in [6.45, 7) is 13.0. The molecule has 2 saturated heterocycles. The molecule has 2 heterocycles. The summed E-state index contributed by atoms with van der Waals surface area (Å²) in [5.74, 6) is 1.78. The quantitative estimate of drug-likeness (QED) is 0.169. The topological polar surface area (TPSA) is 43.5 Å². The van der Waals surface area contributed by atoms with Crippen LogP contribution in [0.25, 0.3) is 0 Å². The first-order chi connectivity index (χ1) is 17.6. The molecule has 186 valence electrons. The second-order valence-corrected chi connectivity index (χ2v) is 9.65. The average molecular weight is 483 g/mol. The first-order valence-electron chi connectivity index (χ1n) is 12.6. The van der Waals surface area contributed by atoms with Crippen molar-refractivity contribution in [2.45, 2.75) is 37.4 Å². The SMILES string of the molecule is C=CCc1cc(C(C)(c2ccccc2)c2ccc(OCC3CO3)c(CC=C)c2)ccc1OCC1CO1. The molecule has 0 N–H and O–H groups in total. The van der Waals surface area contributed by atoms with Gasteiger partial charge in [0.2, 0.25) is 0 Å². The van der Waals surface area contributed by atoms with Crippen LogP contribution in [0.1, 0.15) is 34.7 Å². The van der Waals surface area contributed by atoms with E-state index in [1.807, 2.05) is 12.2 Å². The molecule has 2 fully saturated rings. The minimum Gasteiger partial charge on any atom is -0.490 e. The summed E-state index contributed by atoms with van der Waals surface area (Å²) in [5, 5.41) is 0. The maximum atomic E-state index is 6.10. The number of ether oxygens (including phenoxy) is 4. The Kier molecular flexibility index (Phi) is 7.26. The van der Waals surface area contributed by atoms with Crippen LogP contribution in [0.4, 0.5) is 0 Å². The van der Waals surface area contributed by atoms with Gasteiger partial charge < -0.3 is 18.9 Å². The van der Waals surface area contributed by atoms with Crippen molar-refractivity contribution in [2.24, 2.45) is 0 Å². The predicted molar refractivity (Wildman–Crippen MR) is 143 cm³/mol. The largest absolute Gasteiger partial charge is 0.490 e. The average Bonchev–Trinajstić information content (AvgIpc) is 3.83. The van der Waals surface area contributed by atoms with Gasteiger partial charge in [0.05, 0.1) is 13.2 Å². The summed E-state index contributed by atoms with van der Waals surface area (Å²) in [6.07, 6.45) is 5.75. The molecule has 3 aromatic carbocycles. The Morgan fingerprint density at radius 2 is 1.22 bits per heavy atom. The zero-order valence-corrected chi connectivity index (χ0v) is 21.0. The van der Waals surface area contributed by atoms with Crippen molar-refractivity contribution < 1.29 is 18.9 Å². The molecule has 0 aliphatic carbocycles. The fourth-order valence-electron chi connectivity index (χ4n) is 4.66. The van der Waals surface area contributed by atoms with Crippen LogP contribution in [0.2, 0.25) is 0 Å². The first-order valence-corrected chi connectivity index (χ1v) is 12.6. The molecule has 2 atom stereocenters. The van der Waals surface area contributed by atoms with Gasteiger partial charge in [-0.1, -0.05) is 66.7 Å². The smallest absolute Gasteiger partial charge is 0.122 e. The zero-order chi connectivity index (χ0) is 25.0. The summed E-state index contributed by atoms with van der Waals surface area (Å²) in [6, 6.07) is 23.7. The number of benzene rings is 3. The van der Waals surface area contributed by atoms with Crippen LogP contribution in [0, 0.1) is 0 Å². The molecule has 3 aromatic rings. The third-order valence-corrected chi connectivity index (χ3v) is 7.01. The lowest BCUT2D eigenvalue weighted by atomic mass is 9.70. The van der Waals surface area contributed by atoms with E-state index < -0.39 is 0 Å². The molecule has 4 nitrogen and oxygen atoms in total. The van der Waals surface area contributed by atoms with E-state index in [9.17, 15) is 0 Å². The Hall–Kier alpha value is -3.34. The van der Waals surface area contributed by atoms with Crippen molar-refractivity contribution in [3.63, 3.8) is 0 Å². The highest BCUT2D eigenvalue weighted by Crippen LogP contribution is 2.42. The summed E-state index contributed by atoms with van der Waals surface area (Å²) >= 11 is 0. The molecule has 2 aliphatic rings. The Morgan fingerprint density at radius 1 is 0.750 bits per heavy atom. The standard InChI is InChI=1S/C32H34O4/c1-4-9-23-17-26(13-15-30(23)35-21-28-19-33-28)32(3,25-11-7-6-8-12-25)27-14-16-31(24(18-27)10-5-2)36-22-29-20-34-29/h4-8,11-18,28-29H,1-2,9-10,19-22H2,3H3. The van der Waals surface area contributed by atoms with E-state index in [0.717, 1.165) is 48.7 Å². The Balaban J connectivity index is 1.56. The summed E-state index contributed by atoms with van der Waals surface area (Å²) in [7, 11) is 0. The third kappa shape index (κ3) is 5.40. The molecule has 2 aliphatic heterocycles. The maximum absolute atomic E-state index is 6.10. The van der Waals surface area contributed by atoms with E-state index in [1.165, 1.54) is 16.7 Å². The Labute approximate surface area is 214 Å². The molecule has 0 amide bonds. The first kappa shape index (κ1) is 24.4. The molecular formula is C32H34O4. The number of hydrogen-bond acceptors (Lipinski definition) is 4. The van der Waals surface area contributed by atoms with Crippen LogP contribution in [0.5, 0.6) is 11.5 Å². The number of rotatable bonds is 13. The van der Waals surface area contributed by atoms with Gasteiger partial charge in [-0.05, 0) is 59.7 Å². The van der Waals surface area contributed by atoms with E-state index in [4.69, 9.17) is 18.9 Å². The number of allylic oxidation sites excluding steroid dienone is 2. The predicted octanol–water partition coefficient (Wildman–Crippen LogP) is 6.05. The zero-order valence-electron chi connectivity index (χ0n) is 21.0. The van der Waals surface area contributed by atoms with Gasteiger partial charge in [0, 0.05) is 5.41 Å². The highest BCUT2D eigenvalue weighted by molar-refractivity contribution is 5.55. The van der Waals surface area contributed by atoms with Gasteiger partial charge in [-0.2, -0.15) is 0 Å². The van der Waals surface area contributed by atoms with Gasteiger partial charge in [0.25, 0.3) is 0 Å². The summed E-state index contributed by atoms with van der Waals surface area (Å²) < 4.78 is 22.9. The van der Waals surface area contributed by atoms with E-state index >= 15 is 0 Å². The number of hydrogen-bond donors (Lipinski definition) is 0. The molecule has 2 unspecified atom stereocenters. The van der Waals surface area contributed by atoms with Gasteiger partial charge in [0.1, 0.15) is 36.9 Å². The van der Waals surface area contributed by atoms with Crippen molar-refractivity contribution in [2.75, 3.05) is 26.4 Å². The highest BCUT2D eigenvalue weighted by Gasteiger charge is 2.33. The maximum Gasteiger partial charge on any atom is 0.122 e. The van der Waals surface area contributed by atoms with E-state index in [1.54, 1.807) is 0 Å². The van der Waals surface area contributed by atoms with Crippen molar-refractivity contribution in [3.8, 4) is 11.5 Å². The molecule has 0 saturated carbocycles. The molecule has 36 heavy (non-hydrogen) atoms. The van der Waals surface area contributed by atoms with Crippen LogP contribution in [-0.2, 0) is 27.7 Å². The minimum absolute atomic E-state index is 0.214. The third-order valence-electron chi connectivity index (χ3n) is 7.01. The Morgan fingerprint density at radius 3 is 1.64 bits per heavy atom. The second kappa shape index (κ2) is 10.7. The fraction of sp³-hybridized carbons (Fsp3) is 0.312. The molecule has 0 spiro atoms. The normalized spacial score (nSPS) is 19.7. The van der Waals surface area contributed by atoms with Gasteiger partial charge in [-0.25, -0.2) is 0 Å². The van der Waals surface area contributed by atoms with Gasteiger partial charge in [-0.15, -0.1) is 13.2 Å². The van der Waals surface area contributed by atoms with Crippen LogP contribution < -0.4 is 9.47 Å². The Bertz CT molecular complexity index is 1130. The van der Waals surface area contributed by atoms with Crippen molar-refractivity contribution >= 4 is 0 Å². The monoisotopic (exact) mass is 482 g/mol. The molecule has 0 radical (unpaired) electrons. The molecule has 0 aromatic heterocycles. The molecular weight excluding hydrogens is 448 g/mol. The van der Waals surface area contributed by atoms with Crippen LogP contribution in [0.3, 0.4) is 0 Å².